The molecule has 0 fully saturated rings. The highest BCUT2D eigenvalue weighted by Crippen LogP contribution is 2.21. The van der Waals surface area contributed by atoms with Crippen molar-refractivity contribution in [1.29, 1.82) is 0 Å². The van der Waals surface area contributed by atoms with Crippen LogP contribution in [0.15, 0.2) is 30.9 Å². The van der Waals surface area contributed by atoms with Crippen LogP contribution in [0.4, 0.5) is 10.1 Å². The smallest absolute Gasteiger partial charge is 0.164 e. The molecule has 0 amide bonds. The monoisotopic (exact) mass is 199 g/mol. The van der Waals surface area contributed by atoms with Gasteiger partial charge >= 0.3 is 0 Å². The number of anilines is 1. The molecule has 0 unspecified atom stereocenters. The van der Waals surface area contributed by atoms with Gasteiger partial charge < -0.3 is 5.32 Å². The minimum atomic E-state index is -0.395. The Morgan fingerprint density at radius 1 is 1.54 bits per heavy atom. The molecule has 0 saturated carbocycles. The van der Waals surface area contributed by atoms with Crippen LogP contribution in [0.25, 0.3) is 0 Å². The summed E-state index contributed by atoms with van der Waals surface area (Å²) in [6.45, 7) is 4.24. The first-order valence-electron chi connectivity index (χ1n) is 4.04. The van der Waals surface area contributed by atoms with Gasteiger partial charge in [0.2, 0.25) is 0 Å². The number of hydrogen-bond donors (Lipinski definition) is 1. The first-order chi connectivity index (χ1) is 6.25. The van der Waals surface area contributed by atoms with Crippen molar-refractivity contribution in [2.24, 2.45) is 0 Å². The van der Waals surface area contributed by atoms with E-state index in [2.05, 4.69) is 11.9 Å². The average molecular weight is 200 g/mol. The largest absolute Gasteiger partial charge is 0.382 e. The third-order valence-electron chi connectivity index (χ3n) is 1.62. The molecule has 0 atom stereocenters. The fourth-order valence-corrected chi connectivity index (χ4v) is 1.12. The Morgan fingerprint density at radius 3 is 3.00 bits per heavy atom. The van der Waals surface area contributed by atoms with Crippen molar-refractivity contribution in [3.63, 3.8) is 0 Å². The summed E-state index contributed by atoms with van der Waals surface area (Å²) >= 11 is 5.59. The van der Waals surface area contributed by atoms with Crippen molar-refractivity contribution in [1.82, 2.24) is 0 Å². The molecule has 0 aliphatic heterocycles. The van der Waals surface area contributed by atoms with Gasteiger partial charge in [0, 0.05) is 6.54 Å². The SMILES string of the molecule is C=CCCNc1cccc(Cl)c1F. The zero-order chi connectivity index (χ0) is 9.68. The molecule has 3 heteroatoms. The van der Waals surface area contributed by atoms with E-state index in [0.29, 0.717) is 12.2 Å². The Kier molecular flexibility index (Phi) is 3.77. The van der Waals surface area contributed by atoms with Crippen LogP contribution in [0.2, 0.25) is 5.02 Å². The maximum absolute atomic E-state index is 13.2. The molecule has 0 radical (unpaired) electrons. The second kappa shape index (κ2) is 4.87. The number of rotatable bonds is 4. The molecule has 1 aromatic rings. The van der Waals surface area contributed by atoms with E-state index in [9.17, 15) is 4.39 Å². The highest BCUT2D eigenvalue weighted by atomic mass is 35.5. The number of hydrogen-bond acceptors (Lipinski definition) is 1. The molecule has 0 aliphatic carbocycles. The molecule has 1 aromatic carbocycles. The Balaban J connectivity index is 2.65. The first kappa shape index (κ1) is 10.1. The molecule has 1 rings (SSSR count). The van der Waals surface area contributed by atoms with E-state index in [1.165, 1.54) is 6.07 Å². The third-order valence-corrected chi connectivity index (χ3v) is 1.91. The molecule has 1 nitrogen and oxygen atoms in total. The first-order valence-corrected chi connectivity index (χ1v) is 4.42. The lowest BCUT2D eigenvalue weighted by Crippen LogP contribution is -2.02. The summed E-state index contributed by atoms with van der Waals surface area (Å²) in [5, 5.41) is 3.07. The average Bonchev–Trinajstić information content (AvgIpc) is 2.13. The van der Waals surface area contributed by atoms with Crippen LogP contribution < -0.4 is 5.32 Å². The lowest BCUT2D eigenvalue weighted by atomic mass is 10.3. The van der Waals surface area contributed by atoms with E-state index in [4.69, 9.17) is 11.6 Å². The van der Waals surface area contributed by atoms with Crippen molar-refractivity contribution < 1.29 is 4.39 Å². The maximum Gasteiger partial charge on any atom is 0.164 e. The summed E-state index contributed by atoms with van der Waals surface area (Å²) < 4.78 is 13.2. The quantitative estimate of drug-likeness (QED) is 0.579. The van der Waals surface area contributed by atoms with E-state index in [-0.39, 0.29) is 5.02 Å². The predicted octanol–water partition coefficient (Wildman–Crippen LogP) is 3.47. The van der Waals surface area contributed by atoms with Crippen LogP contribution >= 0.6 is 11.6 Å². The van der Waals surface area contributed by atoms with Gasteiger partial charge in [-0.3, -0.25) is 0 Å². The van der Waals surface area contributed by atoms with E-state index in [0.717, 1.165) is 6.42 Å². The van der Waals surface area contributed by atoms with Gasteiger partial charge in [0.1, 0.15) is 0 Å². The lowest BCUT2D eigenvalue weighted by Gasteiger charge is -2.06. The van der Waals surface area contributed by atoms with Gasteiger partial charge in [0.25, 0.3) is 0 Å². The van der Waals surface area contributed by atoms with E-state index in [1.54, 1.807) is 18.2 Å². The number of benzene rings is 1. The summed E-state index contributed by atoms with van der Waals surface area (Å²) in [6.07, 6.45) is 2.57. The van der Waals surface area contributed by atoms with Crippen LogP contribution in [0.3, 0.4) is 0 Å². The van der Waals surface area contributed by atoms with Gasteiger partial charge in [0.05, 0.1) is 10.7 Å². The summed E-state index contributed by atoms with van der Waals surface area (Å²) in [4.78, 5) is 0. The van der Waals surface area contributed by atoms with Gasteiger partial charge in [-0.15, -0.1) is 6.58 Å². The summed E-state index contributed by atoms with van der Waals surface area (Å²) in [6, 6.07) is 4.89. The minimum absolute atomic E-state index is 0.142. The van der Waals surface area contributed by atoms with Gasteiger partial charge in [-0.25, -0.2) is 4.39 Å². The van der Waals surface area contributed by atoms with Crippen LogP contribution in [0, 0.1) is 5.82 Å². The summed E-state index contributed by atoms with van der Waals surface area (Å²) in [5.41, 5.74) is 0.439. The van der Waals surface area contributed by atoms with Gasteiger partial charge in [-0.2, -0.15) is 0 Å². The van der Waals surface area contributed by atoms with Crippen LogP contribution in [0.5, 0.6) is 0 Å². The number of halogens is 2. The van der Waals surface area contributed by atoms with Gasteiger partial charge in [-0.1, -0.05) is 23.7 Å². The molecule has 0 saturated heterocycles. The van der Waals surface area contributed by atoms with Crippen molar-refractivity contribution in [3.05, 3.63) is 41.7 Å². The Labute approximate surface area is 82.2 Å². The zero-order valence-corrected chi connectivity index (χ0v) is 7.94. The Hall–Kier alpha value is -1.02. The van der Waals surface area contributed by atoms with E-state index < -0.39 is 5.82 Å². The molecule has 1 N–H and O–H groups in total. The zero-order valence-electron chi connectivity index (χ0n) is 7.19. The second-order valence-electron chi connectivity index (χ2n) is 2.61. The molecule has 0 heterocycles. The summed E-state index contributed by atoms with van der Waals surface area (Å²) in [7, 11) is 0. The Bertz CT molecular complexity index is 299. The Morgan fingerprint density at radius 2 is 2.31 bits per heavy atom. The van der Waals surface area contributed by atoms with E-state index >= 15 is 0 Å². The predicted molar refractivity (Wildman–Crippen MR) is 54.7 cm³/mol. The number of nitrogens with one attached hydrogen (secondary N) is 1. The standard InChI is InChI=1S/C10H11ClFN/c1-2-3-7-13-9-6-4-5-8(11)10(9)12/h2,4-6,13H,1,3,7H2. The molecule has 0 spiro atoms. The second-order valence-corrected chi connectivity index (χ2v) is 3.01. The topological polar surface area (TPSA) is 12.0 Å². The lowest BCUT2D eigenvalue weighted by molar-refractivity contribution is 0.630. The van der Waals surface area contributed by atoms with Crippen molar-refractivity contribution in [2.75, 3.05) is 11.9 Å². The normalized spacial score (nSPS) is 9.69. The van der Waals surface area contributed by atoms with Crippen molar-refractivity contribution in [3.8, 4) is 0 Å². The highest BCUT2D eigenvalue weighted by molar-refractivity contribution is 6.31. The van der Waals surface area contributed by atoms with Crippen LogP contribution in [0.1, 0.15) is 6.42 Å². The molecule has 0 aliphatic rings. The fourth-order valence-electron chi connectivity index (χ4n) is 0.949. The molecular weight excluding hydrogens is 189 g/mol. The van der Waals surface area contributed by atoms with E-state index in [1.807, 2.05) is 0 Å². The molecular formula is C10H11ClFN. The molecule has 0 bridgehead atoms. The van der Waals surface area contributed by atoms with Gasteiger partial charge in [0.15, 0.2) is 5.82 Å². The third kappa shape index (κ3) is 2.74. The molecule has 13 heavy (non-hydrogen) atoms. The highest BCUT2D eigenvalue weighted by Gasteiger charge is 2.03. The molecule has 0 aromatic heterocycles. The fraction of sp³-hybridized carbons (Fsp3) is 0.200. The van der Waals surface area contributed by atoms with Gasteiger partial charge in [-0.05, 0) is 18.6 Å². The van der Waals surface area contributed by atoms with Crippen molar-refractivity contribution >= 4 is 17.3 Å². The summed E-state index contributed by atoms with van der Waals surface area (Å²) in [5.74, 6) is -0.395. The molecule has 70 valence electrons. The van der Waals surface area contributed by atoms with Crippen LogP contribution in [-0.2, 0) is 0 Å². The van der Waals surface area contributed by atoms with Crippen molar-refractivity contribution in [2.45, 2.75) is 6.42 Å². The maximum atomic E-state index is 13.2. The minimum Gasteiger partial charge on any atom is -0.382 e. The van der Waals surface area contributed by atoms with Crippen LogP contribution in [-0.4, -0.2) is 6.54 Å².